The van der Waals surface area contributed by atoms with E-state index >= 15 is 0 Å². The van der Waals surface area contributed by atoms with E-state index in [0.29, 0.717) is 5.02 Å². The van der Waals surface area contributed by atoms with Crippen LogP contribution in [-0.2, 0) is 4.79 Å². The molecule has 22 heavy (non-hydrogen) atoms. The van der Waals surface area contributed by atoms with E-state index < -0.39 is 0 Å². The predicted molar refractivity (Wildman–Crippen MR) is 92.4 cm³/mol. The Kier molecular flexibility index (Phi) is 4.71. The Bertz CT molecular complexity index is 742. The van der Waals surface area contributed by atoms with Crippen molar-refractivity contribution in [1.29, 1.82) is 0 Å². The predicted octanol–water partition coefficient (Wildman–Crippen LogP) is 4.98. The van der Waals surface area contributed by atoms with Crippen molar-refractivity contribution in [2.45, 2.75) is 12.8 Å². The van der Waals surface area contributed by atoms with Crippen LogP contribution in [0.1, 0.15) is 12.8 Å². The number of carbonyl (C=O) groups excluding carboxylic acids is 1. The molecule has 2 heterocycles. The highest BCUT2D eigenvalue weighted by molar-refractivity contribution is 7.23. The minimum atomic E-state index is 0.121. The fourth-order valence-corrected chi connectivity index (χ4v) is 3.17. The van der Waals surface area contributed by atoms with Crippen LogP contribution >= 0.6 is 22.9 Å². The van der Waals surface area contributed by atoms with E-state index in [1.807, 2.05) is 42.5 Å². The molecule has 0 aliphatic heterocycles. The molecular weight excluding hydrogens is 316 g/mol. The summed E-state index contributed by atoms with van der Waals surface area (Å²) < 4.78 is 0.999. The molecule has 1 N–H and O–H groups in total. The van der Waals surface area contributed by atoms with E-state index in [1.54, 1.807) is 12.4 Å². The first-order valence-electron chi connectivity index (χ1n) is 7.08. The zero-order valence-electron chi connectivity index (χ0n) is 11.8. The maximum atomic E-state index is 11.6. The summed E-state index contributed by atoms with van der Waals surface area (Å²) in [6, 6.07) is 13.9. The molecule has 0 unspecified atom stereocenters. The molecule has 112 valence electrons. The van der Waals surface area contributed by atoms with E-state index in [-0.39, 0.29) is 11.8 Å². The molecule has 1 aliphatic carbocycles. The minimum absolute atomic E-state index is 0.121. The number of nitrogens with one attached hydrogen (secondary N) is 1. The van der Waals surface area contributed by atoms with E-state index in [4.69, 9.17) is 11.6 Å². The molecule has 4 rings (SSSR count). The number of aromatic nitrogens is 1. The Balaban J connectivity index is 0.000000202. The first-order valence-corrected chi connectivity index (χ1v) is 8.27. The second-order valence-electron chi connectivity index (χ2n) is 5.06. The van der Waals surface area contributed by atoms with Crippen LogP contribution in [0.25, 0.3) is 10.1 Å². The molecule has 1 amide bonds. The SMILES string of the molecule is O=C(Nc1cc2c(Cl)cncc2s1)C1CC1.c1ccccc1. The standard InChI is InChI=1S/C11H9ClN2OS.C6H6/c12-8-4-13-5-9-7(8)3-10(16-9)14-11(15)6-1-2-6;1-2-4-6-5-3-1/h3-6H,1-2H2,(H,14,15);1-6H. The number of carbonyl (C=O) groups is 1. The molecule has 1 aromatic carbocycles. The number of halogens is 1. The van der Waals surface area contributed by atoms with Crippen LogP contribution in [0, 0.1) is 5.92 Å². The van der Waals surface area contributed by atoms with Crippen molar-refractivity contribution in [1.82, 2.24) is 4.98 Å². The normalized spacial score (nSPS) is 13.3. The lowest BCUT2D eigenvalue weighted by atomic mass is 10.3. The molecule has 3 nitrogen and oxygen atoms in total. The number of anilines is 1. The van der Waals surface area contributed by atoms with Gasteiger partial charge >= 0.3 is 0 Å². The van der Waals surface area contributed by atoms with Gasteiger partial charge < -0.3 is 5.32 Å². The Labute approximate surface area is 138 Å². The van der Waals surface area contributed by atoms with Gasteiger partial charge in [0.05, 0.1) is 14.7 Å². The van der Waals surface area contributed by atoms with Crippen LogP contribution < -0.4 is 5.32 Å². The van der Waals surface area contributed by atoms with Crippen molar-refractivity contribution in [3.05, 3.63) is 59.9 Å². The number of nitrogens with zero attached hydrogens (tertiary/aromatic N) is 1. The van der Waals surface area contributed by atoms with Crippen molar-refractivity contribution >= 4 is 43.9 Å². The van der Waals surface area contributed by atoms with Crippen LogP contribution in [0.2, 0.25) is 5.02 Å². The maximum Gasteiger partial charge on any atom is 0.228 e. The van der Waals surface area contributed by atoms with E-state index in [9.17, 15) is 4.79 Å². The molecule has 0 atom stereocenters. The van der Waals surface area contributed by atoms with Gasteiger partial charge in [0.25, 0.3) is 0 Å². The smallest absolute Gasteiger partial charge is 0.228 e. The molecule has 0 spiro atoms. The molecule has 1 aliphatic rings. The molecule has 1 saturated carbocycles. The highest BCUT2D eigenvalue weighted by Gasteiger charge is 2.29. The summed E-state index contributed by atoms with van der Waals surface area (Å²) in [5.74, 6) is 0.342. The molecule has 5 heteroatoms. The molecule has 3 aromatic rings. The largest absolute Gasteiger partial charge is 0.317 e. The van der Waals surface area contributed by atoms with Gasteiger partial charge in [-0.25, -0.2) is 0 Å². The van der Waals surface area contributed by atoms with Gasteiger partial charge in [0, 0.05) is 23.7 Å². The lowest BCUT2D eigenvalue weighted by molar-refractivity contribution is -0.117. The van der Waals surface area contributed by atoms with Gasteiger partial charge in [-0.3, -0.25) is 9.78 Å². The number of thiophene rings is 1. The summed E-state index contributed by atoms with van der Waals surface area (Å²) in [6.07, 6.45) is 5.40. The van der Waals surface area contributed by atoms with Gasteiger partial charge in [-0.1, -0.05) is 48.0 Å². The van der Waals surface area contributed by atoms with Gasteiger partial charge in [0.15, 0.2) is 0 Å². The van der Waals surface area contributed by atoms with Crippen molar-refractivity contribution < 1.29 is 4.79 Å². The quantitative estimate of drug-likeness (QED) is 0.719. The summed E-state index contributed by atoms with van der Waals surface area (Å²) in [4.78, 5) is 15.6. The summed E-state index contributed by atoms with van der Waals surface area (Å²) in [5.41, 5.74) is 0. The zero-order valence-corrected chi connectivity index (χ0v) is 13.4. The van der Waals surface area contributed by atoms with Crippen LogP contribution in [0.15, 0.2) is 54.9 Å². The van der Waals surface area contributed by atoms with Crippen molar-refractivity contribution in [3.8, 4) is 0 Å². The van der Waals surface area contributed by atoms with Gasteiger partial charge in [0.2, 0.25) is 5.91 Å². The first-order chi connectivity index (χ1) is 10.7. The second-order valence-corrected chi connectivity index (χ2v) is 6.55. The number of pyridine rings is 1. The Hall–Kier alpha value is -1.91. The fourth-order valence-electron chi connectivity index (χ4n) is 1.94. The van der Waals surface area contributed by atoms with Gasteiger partial charge in [-0.2, -0.15) is 0 Å². The fraction of sp³-hybridized carbons (Fsp3) is 0.176. The molecular formula is C17H15ClN2OS. The summed E-state index contributed by atoms with van der Waals surface area (Å²) in [5, 5.41) is 5.34. The van der Waals surface area contributed by atoms with Crippen LogP contribution in [0.5, 0.6) is 0 Å². The van der Waals surface area contributed by atoms with Crippen LogP contribution in [0.3, 0.4) is 0 Å². The summed E-state index contributed by atoms with van der Waals surface area (Å²) in [7, 11) is 0. The maximum absolute atomic E-state index is 11.6. The Morgan fingerprint density at radius 2 is 1.77 bits per heavy atom. The van der Waals surface area contributed by atoms with Crippen LogP contribution in [-0.4, -0.2) is 10.9 Å². The lowest BCUT2D eigenvalue weighted by Gasteiger charge is -1.98. The first kappa shape index (κ1) is 15.0. The van der Waals surface area contributed by atoms with E-state index in [1.165, 1.54) is 11.3 Å². The van der Waals surface area contributed by atoms with Gasteiger partial charge in [-0.05, 0) is 18.9 Å². The van der Waals surface area contributed by atoms with Crippen molar-refractivity contribution in [2.24, 2.45) is 5.92 Å². The average Bonchev–Trinajstić information content (AvgIpc) is 3.31. The average molecular weight is 331 g/mol. The third-order valence-corrected chi connectivity index (χ3v) is 4.55. The Morgan fingerprint density at radius 3 is 2.32 bits per heavy atom. The van der Waals surface area contributed by atoms with Crippen molar-refractivity contribution in [3.63, 3.8) is 0 Å². The topological polar surface area (TPSA) is 42.0 Å². The molecule has 0 bridgehead atoms. The molecule has 2 aromatic heterocycles. The zero-order chi connectivity index (χ0) is 15.4. The number of rotatable bonds is 2. The number of benzene rings is 1. The second kappa shape index (κ2) is 6.90. The summed E-state index contributed by atoms with van der Waals surface area (Å²) >= 11 is 7.52. The molecule has 0 radical (unpaired) electrons. The number of hydrogen-bond acceptors (Lipinski definition) is 3. The number of fused-ring (bicyclic) bond motifs is 1. The third-order valence-electron chi connectivity index (χ3n) is 3.26. The number of amides is 1. The minimum Gasteiger partial charge on any atom is -0.317 e. The van der Waals surface area contributed by atoms with Gasteiger partial charge in [-0.15, -0.1) is 11.3 Å². The van der Waals surface area contributed by atoms with E-state index in [2.05, 4.69) is 10.3 Å². The van der Waals surface area contributed by atoms with Crippen molar-refractivity contribution in [2.75, 3.05) is 5.32 Å². The third kappa shape index (κ3) is 3.84. The van der Waals surface area contributed by atoms with Crippen LogP contribution in [0.4, 0.5) is 5.00 Å². The number of hydrogen-bond donors (Lipinski definition) is 1. The molecule has 1 fully saturated rings. The molecule has 0 saturated heterocycles. The van der Waals surface area contributed by atoms with Gasteiger partial charge in [0.1, 0.15) is 0 Å². The van der Waals surface area contributed by atoms with E-state index in [0.717, 1.165) is 27.9 Å². The monoisotopic (exact) mass is 330 g/mol. The highest BCUT2D eigenvalue weighted by atomic mass is 35.5. The highest BCUT2D eigenvalue weighted by Crippen LogP contribution is 2.35. The Morgan fingerprint density at radius 1 is 1.14 bits per heavy atom. The summed E-state index contributed by atoms with van der Waals surface area (Å²) in [6.45, 7) is 0. The lowest BCUT2D eigenvalue weighted by Crippen LogP contribution is -2.11.